The summed E-state index contributed by atoms with van der Waals surface area (Å²) in [5.41, 5.74) is 0.608. The van der Waals surface area contributed by atoms with Crippen LogP contribution in [-0.4, -0.2) is 41.5 Å². The van der Waals surface area contributed by atoms with Crippen LogP contribution in [-0.2, 0) is 0 Å². The Morgan fingerprint density at radius 1 is 1.63 bits per heavy atom. The molecule has 1 unspecified atom stereocenters. The fourth-order valence-electron chi connectivity index (χ4n) is 2.43. The highest BCUT2D eigenvalue weighted by molar-refractivity contribution is 7.09. The van der Waals surface area contributed by atoms with Crippen LogP contribution in [0.3, 0.4) is 0 Å². The van der Waals surface area contributed by atoms with Crippen LogP contribution in [0.25, 0.3) is 0 Å². The topological polar surface area (TPSA) is 45.2 Å². The Morgan fingerprint density at radius 3 is 3.05 bits per heavy atom. The van der Waals surface area contributed by atoms with E-state index in [1.165, 1.54) is 12.8 Å². The molecule has 2 rings (SSSR count). The highest BCUT2D eigenvalue weighted by Crippen LogP contribution is 2.14. The number of aryl methyl sites for hydroxylation is 1. The molecule has 4 nitrogen and oxygen atoms in total. The first-order valence-electron chi connectivity index (χ1n) is 7.15. The van der Waals surface area contributed by atoms with Gasteiger partial charge < -0.3 is 10.2 Å². The molecule has 106 valence electrons. The van der Waals surface area contributed by atoms with Crippen LogP contribution in [0.1, 0.15) is 48.1 Å². The van der Waals surface area contributed by atoms with Crippen molar-refractivity contribution in [3.05, 3.63) is 16.1 Å². The molecule has 5 heteroatoms. The van der Waals surface area contributed by atoms with E-state index in [0.29, 0.717) is 11.7 Å². The number of amides is 1. The molecule has 2 heterocycles. The number of nitrogens with one attached hydrogen (secondary N) is 1. The van der Waals surface area contributed by atoms with Crippen LogP contribution in [0.4, 0.5) is 0 Å². The van der Waals surface area contributed by atoms with Gasteiger partial charge in [-0.3, -0.25) is 4.79 Å². The van der Waals surface area contributed by atoms with Gasteiger partial charge in [-0.1, -0.05) is 13.3 Å². The first kappa shape index (κ1) is 14.5. The summed E-state index contributed by atoms with van der Waals surface area (Å²) in [6.45, 7) is 6.83. The second-order valence-electron chi connectivity index (χ2n) is 5.15. The molecule has 0 bridgehead atoms. The van der Waals surface area contributed by atoms with Gasteiger partial charge in [0.25, 0.3) is 5.91 Å². The molecule has 1 aliphatic heterocycles. The molecule has 19 heavy (non-hydrogen) atoms. The van der Waals surface area contributed by atoms with Crippen molar-refractivity contribution in [2.24, 2.45) is 0 Å². The molecule has 1 saturated heterocycles. The molecular formula is C14H23N3OS. The van der Waals surface area contributed by atoms with Crippen molar-refractivity contribution >= 4 is 17.2 Å². The van der Waals surface area contributed by atoms with Crippen LogP contribution < -0.4 is 5.32 Å². The maximum Gasteiger partial charge on any atom is 0.273 e. The Bertz CT molecular complexity index is 413. The smallest absolute Gasteiger partial charge is 0.273 e. The number of aromatic nitrogens is 1. The molecule has 0 aliphatic carbocycles. The highest BCUT2D eigenvalue weighted by atomic mass is 32.1. The third-order valence-corrected chi connectivity index (χ3v) is 4.28. The number of carbonyl (C=O) groups excluding carboxylic acids is 1. The minimum Gasteiger partial charge on any atom is -0.336 e. The SMILES string of the molecule is CCCCN(CC1CCCN1)C(=O)c1csc(C)n1. The van der Waals surface area contributed by atoms with Crippen molar-refractivity contribution < 1.29 is 4.79 Å². The molecule has 1 fully saturated rings. The van der Waals surface area contributed by atoms with Gasteiger partial charge in [-0.05, 0) is 32.7 Å². The van der Waals surface area contributed by atoms with Crippen LogP contribution in [0.2, 0.25) is 0 Å². The molecule has 0 aromatic carbocycles. The second kappa shape index (κ2) is 7.01. The summed E-state index contributed by atoms with van der Waals surface area (Å²) in [5, 5.41) is 6.29. The van der Waals surface area contributed by atoms with Gasteiger partial charge in [-0.2, -0.15) is 0 Å². The lowest BCUT2D eigenvalue weighted by Gasteiger charge is -2.25. The molecule has 1 aliphatic rings. The van der Waals surface area contributed by atoms with Gasteiger partial charge >= 0.3 is 0 Å². The zero-order valence-corrected chi connectivity index (χ0v) is 12.6. The van der Waals surface area contributed by atoms with E-state index in [1.807, 2.05) is 17.2 Å². The Labute approximate surface area is 119 Å². The van der Waals surface area contributed by atoms with E-state index in [-0.39, 0.29) is 5.91 Å². The van der Waals surface area contributed by atoms with Crippen molar-refractivity contribution in [3.63, 3.8) is 0 Å². The standard InChI is InChI=1S/C14H23N3OS/c1-3-4-8-17(9-12-6-5-7-15-12)14(18)13-10-19-11(2)16-13/h10,12,15H,3-9H2,1-2H3. The van der Waals surface area contributed by atoms with Crippen molar-refractivity contribution in [2.75, 3.05) is 19.6 Å². The Hall–Kier alpha value is -0.940. The maximum absolute atomic E-state index is 12.5. The van der Waals surface area contributed by atoms with E-state index >= 15 is 0 Å². The Kier molecular flexibility index (Phi) is 5.34. The average Bonchev–Trinajstić information content (AvgIpc) is 3.05. The molecule has 1 amide bonds. The third kappa shape index (κ3) is 4.01. The molecule has 0 saturated carbocycles. The highest BCUT2D eigenvalue weighted by Gasteiger charge is 2.23. The van der Waals surface area contributed by atoms with Gasteiger partial charge in [0.05, 0.1) is 5.01 Å². The number of hydrogen-bond donors (Lipinski definition) is 1. The van der Waals surface area contributed by atoms with Crippen LogP contribution in [0.15, 0.2) is 5.38 Å². The number of carbonyl (C=O) groups is 1. The van der Waals surface area contributed by atoms with E-state index in [2.05, 4.69) is 17.2 Å². The summed E-state index contributed by atoms with van der Waals surface area (Å²) < 4.78 is 0. The molecule has 1 aromatic rings. The Balaban J connectivity index is 2.00. The predicted octanol–water partition coefficient (Wildman–Crippen LogP) is 2.45. The van der Waals surface area contributed by atoms with Crippen LogP contribution in [0, 0.1) is 6.92 Å². The molecule has 0 radical (unpaired) electrons. The van der Waals surface area contributed by atoms with Gasteiger partial charge in [0.15, 0.2) is 0 Å². The number of unbranched alkanes of at least 4 members (excludes halogenated alkanes) is 1. The lowest BCUT2D eigenvalue weighted by molar-refractivity contribution is 0.0734. The van der Waals surface area contributed by atoms with Gasteiger partial charge in [0.1, 0.15) is 5.69 Å². The lowest BCUT2D eigenvalue weighted by atomic mass is 10.2. The summed E-state index contributed by atoms with van der Waals surface area (Å²) in [4.78, 5) is 18.8. The largest absolute Gasteiger partial charge is 0.336 e. The van der Waals surface area contributed by atoms with Crippen molar-refractivity contribution in [2.45, 2.75) is 45.6 Å². The number of hydrogen-bond acceptors (Lipinski definition) is 4. The van der Waals surface area contributed by atoms with Crippen molar-refractivity contribution in [1.29, 1.82) is 0 Å². The maximum atomic E-state index is 12.5. The van der Waals surface area contributed by atoms with Crippen LogP contribution in [0.5, 0.6) is 0 Å². The van der Waals surface area contributed by atoms with Crippen LogP contribution >= 0.6 is 11.3 Å². The summed E-state index contributed by atoms with van der Waals surface area (Å²) >= 11 is 1.54. The van der Waals surface area contributed by atoms with Crippen molar-refractivity contribution in [3.8, 4) is 0 Å². The third-order valence-electron chi connectivity index (χ3n) is 3.51. The minimum atomic E-state index is 0.0894. The van der Waals surface area contributed by atoms with Gasteiger partial charge in [-0.25, -0.2) is 4.98 Å². The lowest BCUT2D eigenvalue weighted by Crippen LogP contribution is -2.41. The van der Waals surface area contributed by atoms with Gasteiger partial charge in [-0.15, -0.1) is 11.3 Å². The average molecular weight is 281 g/mol. The molecule has 0 spiro atoms. The summed E-state index contributed by atoms with van der Waals surface area (Å²) in [6, 6.07) is 0.459. The summed E-state index contributed by atoms with van der Waals surface area (Å²) in [5.74, 6) is 0.0894. The fourth-order valence-corrected chi connectivity index (χ4v) is 3.01. The molecule has 1 aromatic heterocycles. The van der Waals surface area contributed by atoms with Gasteiger partial charge in [0.2, 0.25) is 0 Å². The number of thiazole rings is 1. The van der Waals surface area contributed by atoms with Gasteiger partial charge in [0, 0.05) is 24.5 Å². The number of rotatable bonds is 6. The second-order valence-corrected chi connectivity index (χ2v) is 6.21. The van der Waals surface area contributed by atoms with E-state index in [4.69, 9.17) is 0 Å². The molecule has 1 N–H and O–H groups in total. The monoisotopic (exact) mass is 281 g/mol. The zero-order chi connectivity index (χ0) is 13.7. The first-order valence-corrected chi connectivity index (χ1v) is 8.03. The molecule has 1 atom stereocenters. The Morgan fingerprint density at radius 2 is 2.47 bits per heavy atom. The van der Waals surface area contributed by atoms with E-state index < -0.39 is 0 Å². The van der Waals surface area contributed by atoms with E-state index in [0.717, 1.165) is 37.5 Å². The fraction of sp³-hybridized carbons (Fsp3) is 0.714. The molecular weight excluding hydrogens is 258 g/mol. The number of nitrogens with zero attached hydrogens (tertiary/aromatic N) is 2. The minimum absolute atomic E-state index is 0.0894. The van der Waals surface area contributed by atoms with Crippen molar-refractivity contribution in [1.82, 2.24) is 15.2 Å². The summed E-state index contributed by atoms with van der Waals surface area (Å²) in [7, 11) is 0. The predicted molar refractivity (Wildman–Crippen MR) is 78.7 cm³/mol. The first-order chi connectivity index (χ1) is 9.20. The zero-order valence-electron chi connectivity index (χ0n) is 11.8. The normalized spacial score (nSPS) is 18.7. The summed E-state index contributed by atoms with van der Waals surface area (Å²) in [6.07, 6.45) is 4.56. The van der Waals surface area contributed by atoms with E-state index in [9.17, 15) is 4.79 Å². The van der Waals surface area contributed by atoms with E-state index in [1.54, 1.807) is 11.3 Å². The quantitative estimate of drug-likeness (QED) is 0.871.